The summed E-state index contributed by atoms with van der Waals surface area (Å²) in [5.74, 6) is -0.321. The van der Waals surface area contributed by atoms with Crippen LogP contribution in [0.4, 0.5) is 0 Å². The molecule has 1 aliphatic rings. The Bertz CT molecular complexity index is 501. The molecule has 1 unspecified atom stereocenters. The summed E-state index contributed by atoms with van der Waals surface area (Å²) >= 11 is 0. The maximum absolute atomic E-state index is 11.1. The second-order valence-electron chi connectivity index (χ2n) is 5.63. The number of hydrogen-bond donors (Lipinski definition) is 1. The molecule has 0 bridgehead atoms. The molecule has 5 nitrogen and oxygen atoms in total. The number of hydrogen-bond acceptors (Lipinski definition) is 4. The predicted molar refractivity (Wildman–Crippen MR) is 80.1 cm³/mol. The third-order valence-electron chi connectivity index (χ3n) is 3.84. The fourth-order valence-electron chi connectivity index (χ4n) is 2.50. The van der Waals surface area contributed by atoms with Gasteiger partial charge in [0, 0.05) is 24.7 Å². The number of carboxylic acids is 1. The van der Waals surface area contributed by atoms with Gasteiger partial charge >= 0.3 is 5.97 Å². The molecule has 1 fully saturated rings. The minimum absolute atomic E-state index is 0.0223. The second kappa shape index (κ2) is 6.91. The molecule has 0 aliphatic carbocycles. The molecule has 0 amide bonds. The summed E-state index contributed by atoms with van der Waals surface area (Å²) in [6.45, 7) is 9.04. The molecular formula is C16H23NO4. The molecule has 5 heteroatoms. The average molecular weight is 293 g/mol. The zero-order valence-electron chi connectivity index (χ0n) is 12.8. The Morgan fingerprint density at radius 1 is 1.52 bits per heavy atom. The molecule has 21 heavy (non-hydrogen) atoms. The lowest BCUT2D eigenvalue weighted by Crippen LogP contribution is -2.47. The highest BCUT2D eigenvalue weighted by Gasteiger charge is 2.23. The summed E-state index contributed by atoms with van der Waals surface area (Å²) in [7, 11) is 0. The van der Waals surface area contributed by atoms with Crippen LogP contribution in [0.15, 0.2) is 18.2 Å². The minimum atomic E-state index is -0.933. The highest BCUT2D eigenvalue weighted by atomic mass is 16.5. The lowest BCUT2D eigenvalue weighted by molar-refractivity contribution is -0.0565. The molecule has 116 valence electrons. The van der Waals surface area contributed by atoms with Crippen LogP contribution in [0.5, 0.6) is 5.75 Å². The van der Waals surface area contributed by atoms with Crippen LogP contribution < -0.4 is 4.74 Å². The largest absolute Gasteiger partial charge is 0.491 e. The topological polar surface area (TPSA) is 59.0 Å². The lowest BCUT2D eigenvalue weighted by Gasteiger charge is -2.35. The van der Waals surface area contributed by atoms with E-state index in [-0.39, 0.29) is 11.7 Å². The Morgan fingerprint density at radius 2 is 2.29 bits per heavy atom. The van der Waals surface area contributed by atoms with E-state index in [1.165, 1.54) is 0 Å². The van der Waals surface area contributed by atoms with Gasteiger partial charge in [0.25, 0.3) is 0 Å². The van der Waals surface area contributed by atoms with Crippen LogP contribution in [-0.2, 0) is 4.74 Å². The van der Waals surface area contributed by atoms with Gasteiger partial charge in [0.15, 0.2) is 0 Å². The third-order valence-corrected chi connectivity index (χ3v) is 3.84. The molecule has 0 spiro atoms. The number of nitrogens with zero attached hydrogens (tertiary/aromatic N) is 1. The van der Waals surface area contributed by atoms with E-state index < -0.39 is 5.97 Å². The minimum Gasteiger partial charge on any atom is -0.491 e. The molecule has 0 radical (unpaired) electrons. The summed E-state index contributed by atoms with van der Waals surface area (Å²) in [5, 5.41) is 9.12. The first kappa shape index (κ1) is 15.8. The highest BCUT2D eigenvalue weighted by Crippen LogP contribution is 2.22. The van der Waals surface area contributed by atoms with E-state index in [0.717, 1.165) is 13.1 Å². The number of carbonyl (C=O) groups is 1. The summed E-state index contributed by atoms with van der Waals surface area (Å²) < 4.78 is 11.5. The smallest absolute Gasteiger partial charge is 0.336 e. The predicted octanol–water partition coefficient (Wildman–Crippen LogP) is 2.18. The molecular weight excluding hydrogens is 270 g/mol. The molecule has 0 saturated carbocycles. The molecule has 1 aromatic carbocycles. The Morgan fingerprint density at radius 3 is 2.95 bits per heavy atom. The number of morpholine rings is 1. The molecule has 1 atom stereocenters. The Balaban J connectivity index is 1.97. The van der Waals surface area contributed by atoms with Crippen molar-refractivity contribution in [3.63, 3.8) is 0 Å². The number of aromatic carboxylic acids is 1. The van der Waals surface area contributed by atoms with Crippen molar-refractivity contribution >= 4 is 5.97 Å². The van der Waals surface area contributed by atoms with Crippen molar-refractivity contribution in [1.82, 2.24) is 4.90 Å². The first-order chi connectivity index (χ1) is 9.99. The van der Waals surface area contributed by atoms with E-state index in [1.54, 1.807) is 25.1 Å². The van der Waals surface area contributed by atoms with E-state index in [4.69, 9.17) is 14.6 Å². The van der Waals surface area contributed by atoms with E-state index >= 15 is 0 Å². The van der Waals surface area contributed by atoms with E-state index in [2.05, 4.69) is 18.7 Å². The van der Waals surface area contributed by atoms with Crippen molar-refractivity contribution < 1.29 is 19.4 Å². The zero-order valence-corrected chi connectivity index (χ0v) is 12.8. The number of ether oxygens (including phenoxy) is 2. The van der Waals surface area contributed by atoms with Crippen molar-refractivity contribution in [1.29, 1.82) is 0 Å². The highest BCUT2D eigenvalue weighted by molar-refractivity contribution is 5.90. The van der Waals surface area contributed by atoms with Crippen LogP contribution in [-0.4, -0.2) is 54.4 Å². The lowest BCUT2D eigenvalue weighted by atomic mass is 10.1. The van der Waals surface area contributed by atoms with Crippen molar-refractivity contribution in [2.75, 3.05) is 26.3 Å². The Hall–Kier alpha value is -1.59. The summed E-state index contributed by atoms with van der Waals surface area (Å²) in [6, 6.07) is 5.58. The Labute approximate surface area is 125 Å². The SMILES string of the molecule is Cc1c(OCC2CN(C(C)C)CCO2)cccc1C(=O)O. The van der Waals surface area contributed by atoms with Crippen LogP contribution in [0, 0.1) is 6.92 Å². The van der Waals surface area contributed by atoms with Crippen LogP contribution in [0.2, 0.25) is 0 Å². The van der Waals surface area contributed by atoms with Crippen molar-refractivity contribution in [3.8, 4) is 5.75 Å². The average Bonchev–Trinajstić information content (AvgIpc) is 2.46. The van der Waals surface area contributed by atoms with Gasteiger partial charge in [-0.05, 0) is 32.9 Å². The quantitative estimate of drug-likeness (QED) is 0.901. The third kappa shape index (κ3) is 3.95. The first-order valence-corrected chi connectivity index (χ1v) is 7.30. The molecule has 1 N–H and O–H groups in total. The summed E-state index contributed by atoms with van der Waals surface area (Å²) in [4.78, 5) is 13.5. The molecule has 1 saturated heterocycles. The van der Waals surface area contributed by atoms with Crippen molar-refractivity contribution in [3.05, 3.63) is 29.3 Å². The molecule has 1 aromatic rings. The van der Waals surface area contributed by atoms with Gasteiger partial charge in [0.05, 0.1) is 12.2 Å². The summed E-state index contributed by atoms with van der Waals surface area (Å²) in [5.41, 5.74) is 0.933. The molecule has 1 aliphatic heterocycles. The fraction of sp³-hybridized carbons (Fsp3) is 0.562. The van der Waals surface area contributed by atoms with Crippen LogP contribution in [0.3, 0.4) is 0 Å². The van der Waals surface area contributed by atoms with Gasteiger partial charge in [-0.2, -0.15) is 0 Å². The normalized spacial score (nSPS) is 19.7. The van der Waals surface area contributed by atoms with Gasteiger partial charge < -0.3 is 14.6 Å². The summed E-state index contributed by atoms with van der Waals surface area (Å²) in [6.07, 6.45) is 0.0223. The van der Waals surface area contributed by atoms with Gasteiger partial charge in [-0.1, -0.05) is 6.07 Å². The van der Waals surface area contributed by atoms with E-state index in [0.29, 0.717) is 30.6 Å². The molecule has 0 aromatic heterocycles. The van der Waals surface area contributed by atoms with Gasteiger partial charge in [-0.25, -0.2) is 4.79 Å². The van der Waals surface area contributed by atoms with E-state index in [1.807, 2.05) is 0 Å². The van der Waals surface area contributed by atoms with Gasteiger partial charge in [-0.3, -0.25) is 4.90 Å². The van der Waals surface area contributed by atoms with Gasteiger partial charge in [-0.15, -0.1) is 0 Å². The standard InChI is InChI=1S/C16H23NO4/c1-11(2)17-7-8-20-13(9-17)10-21-15-6-4-5-14(12(15)3)16(18)19/h4-6,11,13H,7-10H2,1-3H3,(H,18,19). The number of benzene rings is 1. The van der Waals surface area contributed by atoms with Crippen LogP contribution in [0.1, 0.15) is 29.8 Å². The van der Waals surface area contributed by atoms with Crippen molar-refractivity contribution in [2.24, 2.45) is 0 Å². The fourth-order valence-corrected chi connectivity index (χ4v) is 2.50. The monoisotopic (exact) mass is 293 g/mol. The van der Waals surface area contributed by atoms with Gasteiger partial charge in [0.2, 0.25) is 0 Å². The van der Waals surface area contributed by atoms with Gasteiger partial charge in [0.1, 0.15) is 18.5 Å². The number of carboxylic acid groups (broad SMARTS) is 1. The van der Waals surface area contributed by atoms with E-state index in [9.17, 15) is 4.79 Å². The molecule has 2 rings (SSSR count). The Kier molecular flexibility index (Phi) is 5.20. The molecule has 1 heterocycles. The zero-order chi connectivity index (χ0) is 15.4. The van der Waals surface area contributed by atoms with Crippen molar-refractivity contribution in [2.45, 2.75) is 32.9 Å². The first-order valence-electron chi connectivity index (χ1n) is 7.30. The maximum atomic E-state index is 11.1. The van der Waals surface area contributed by atoms with Crippen LogP contribution in [0.25, 0.3) is 0 Å². The second-order valence-corrected chi connectivity index (χ2v) is 5.63. The maximum Gasteiger partial charge on any atom is 0.336 e. The van der Waals surface area contributed by atoms with Crippen LogP contribution >= 0.6 is 0 Å². The number of rotatable bonds is 5.